The minimum atomic E-state index is -0.947. The van der Waals surface area contributed by atoms with Gasteiger partial charge >= 0.3 is 5.97 Å². The van der Waals surface area contributed by atoms with Gasteiger partial charge in [-0.25, -0.2) is 4.79 Å². The quantitative estimate of drug-likeness (QED) is 0.746. The Kier molecular flexibility index (Phi) is 4.22. The molecule has 3 N–H and O–H groups in total. The summed E-state index contributed by atoms with van der Waals surface area (Å²) in [6.07, 6.45) is 0. The maximum Gasteiger partial charge on any atom is 0.335 e. The van der Waals surface area contributed by atoms with Crippen LogP contribution in [0.3, 0.4) is 0 Å². The molecule has 6 heteroatoms. The van der Waals surface area contributed by atoms with Crippen LogP contribution < -0.4 is 10.6 Å². The number of benzene rings is 1. The van der Waals surface area contributed by atoms with Gasteiger partial charge in [0.2, 0.25) is 5.91 Å². The fraction of sp³-hybridized carbons (Fsp3) is 0.333. The number of carbonyl (C=O) groups is 2. The van der Waals surface area contributed by atoms with Crippen molar-refractivity contribution in [2.24, 2.45) is 0 Å². The van der Waals surface area contributed by atoms with E-state index in [0.717, 1.165) is 17.2 Å². The maximum absolute atomic E-state index is 11.7. The first-order valence-corrected chi connectivity index (χ1v) is 6.73. The molecule has 0 spiro atoms. The van der Waals surface area contributed by atoms with Gasteiger partial charge in [-0.1, -0.05) is 12.1 Å². The fourth-order valence-electron chi connectivity index (χ4n) is 1.64. The predicted molar refractivity (Wildman–Crippen MR) is 69.5 cm³/mol. The SMILES string of the molecule is O=C(O)c1ccc(CNC(=O)C2CSCN2)cc1. The molecule has 0 saturated carbocycles. The topological polar surface area (TPSA) is 78.4 Å². The molecule has 1 atom stereocenters. The Labute approximate surface area is 109 Å². The van der Waals surface area contributed by atoms with Crippen molar-refractivity contribution in [3.8, 4) is 0 Å². The molecule has 0 aromatic heterocycles. The van der Waals surface area contributed by atoms with E-state index < -0.39 is 5.97 Å². The molecule has 1 aliphatic rings. The van der Waals surface area contributed by atoms with E-state index in [1.807, 2.05) is 0 Å². The molecule has 1 amide bonds. The average Bonchev–Trinajstić information content (AvgIpc) is 2.90. The maximum atomic E-state index is 11.7. The van der Waals surface area contributed by atoms with E-state index in [9.17, 15) is 9.59 Å². The highest BCUT2D eigenvalue weighted by Crippen LogP contribution is 2.10. The van der Waals surface area contributed by atoms with E-state index in [1.54, 1.807) is 23.9 Å². The summed E-state index contributed by atoms with van der Waals surface area (Å²) in [5.74, 6) is 0.648. The first-order valence-electron chi connectivity index (χ1n) is 5.58. The number of hydrogen-bond donors (Lipinski definition) is 3. The van der Waals surface area contributed by atoms with Gasteiger partial charge in [-0.3, -0.25) is 10.1 Å². The van der Waals surface area contributed by atoms with Gasteiger partial charge in [0.05, 0.1) is 11.6 Å². The highest BCUT2D eigenvalue weighted by atomic mass is 32.2. The van der Waals surface area contributed by atoms with Crippen LogP contribution in [0.15, 0.2) is 24.3 Å². The monoisotopic (exact) mass is 266 g/mol. The summed E-state index contributed by atoms with van der Waals surface area (Å²) < 4.78 is 0. The molecule has 0 radical (unpaired) electrons. The van der Waals surface area contributed by atoms with Crippen LogP contribution in [0.4, 0.5) is 0 Å². The Bertz CT molecular complexity index is 441. The van der Waals surface area contributed by atoms with Gasteiger partial charge < -0.3 is 10.4 Å². The number of aromatic carboxylic acids is 1. The summed E-state index contributed by atoms with van der Waals surface area (Å²) in [5.41, 5.74) is 1.14. The Hall–Kier alpha value is -1.53. The van der Waals surface area contributed by atoms with Gasteiger partial charge in [0, 0.05) is 18.2 Å². The first-order chi connectivity index (χ1) is 8.66. The second kappa shape index (κ2) is 5.88. The second-order valence-electron chi connectivity index (χ2n) is 3.99. The smallest absolute Gasteiger partial charge is 0.335 e. The van der Waals surface area contributed by atoms with Crippen LogP contribution in [0.1, 0.15) is 15.9 Å². The Morgan fingerprint density at radius 2 is 2.11 bits per heavy atom. The van der Waals surface area contributed by atoms with Crippen LogP contribution in [0.2, 0.25) is 0 Å². The highest BCUT2D eigenvalue weighted by molar-refractivity contribution is 7.99. The van der Waals surface area contributed by atoms with Crippen LogP contribution in [0.25, 0.3) is 0 Å². The molecule has 5 nitrogen and oxygen atoms in total. The molecule has 1 saturated heterocycles. The Morgan fingerprint density at radius 3 is 2.67 bits per heavy atom. The summed E-state index contributed by atoms with van der Waals surface area (Å²) in [5, 5.41) is 14.7. The van der Waals surface area contributed by atoms with Crippen LogP contribution >= 0.6 is 11.8 Å². The molecule has 1 aromatic rings. The van der Waals surface area contributed by atoms with E-state index >= 15 is 0 Å². The van der Waals surface area contributed by atoms with Crippen molar-refractivity contribution in [2.75, 3.05) is 11.6 Å². The van der Waals surface area contributed by atoms with E-state index in [2.05, 4.69) is 10.6 Å². The summed E-state index contributed by atoms with van der Waals surface area (Å²) >= 11 is 1.70. The zero-order chi connectivity index (χ0) is 13.0. The minimum absolute atomic E-state index is 0.0117. The van der Waals surface area contributed by atoms with E-state index in [4.69, 9.17) is 5.11 Å². The molecular formula is C12H14N2O3S. The van der Waals surface area contributed by atoms with E-state index in [-0.39, 0.29) is 17.5 Å². The van der Waals surface area contributed by atoms with E-state index in [1.165, 1.54) is 12.1 Å². The van der Waals surface area contributed by atoms with Crippen LogP contribution in [-0.2, 0) is 11.3 Å². The number of amides is 1. The number of rotatable bonds is 4. The van der Waals surface area contributed by atoms with Gasteiger partial charge in [-0.2, -0.15) is 0 Å². The summed E-state index contributed by atoms with van der Waals surface area (Å²) in [6.45, 7) is 0.418. The third-order valence-electron chi connectivity index (χ3n) is 2.70. The molecular weight excluding hydrogens is 252 g/mol. The average molecular weight is 266 g/mol. The van der Waals surface area contributed by atoms with Gasteiger partial charge in [0.25, 0.3) is 0 Å². The van der Waals surface area contributed by atoms with Crippen molar-refractivity contribution < 1.29 is 14.7 Å². The fourth-order valence-corrected chi connectivity index (χ4v) is 2.58. The van der Waals surface area contributed by atoms with Crippen LogP contribution in [0, 0.1) is 0 Å². The number of carbonyl (C=O) groups excluding carboxylic acids is 1. The van der Waals surface area contributed by atoms with Crippen LogP contribution in [0.5, 0.6) is 0 Å². The molecule has 0 aliphatic carbocycles. The molecule has 1 unspecified atom stereocenters. The molecule has 0 bridgehead atoms. The van der Waals surface area contributed by atoms with Crippen molar-refractivity contribution in [1.82, 2.24) is 10.6 Å². The molecule has 2 rings (SSSR count). The largest absolute Gasteiger partial charge is 0.478 e. The molecule has 1 aliphatic heterocycles. The lowest BCUT2D eigenvalue weighted by molar-refractivity contribution is -0.122. The molecule has 18 heavy (non-hydrogen) atoms. The predicted octanol–water partition coefficient (Wildman–Crippen LogP) is 0.663. The summed E-state index contributed by atoms with van der Waals surface area (Å²) in [4.78, 5) is 22.4. The summed E-state index contributed by atoms with van der Waals surface area (Å²) in [7, 11) is 0. The van der Waals surface area contributed by atoms with Crippen molar-refractivity contribution in [2.45, 2.75) is 12.6 Å². The van der Waals surface area contributed by atoms with Crippen molar-refractivity contribution in [3.63, 3.8) is 0 Å². The number of thioether (sulfide) groups is 1. The molecule has 1 aromatic carbocycles. The Balaban J connectivity index is 1.86. The first kappa shape index (κ1) is 12.9. The van der Waals surface area contributed by atoms with Gasteiger partial charge in [0.15, 0.2) is 0 Å². The number of carboxylic acid groups (broad SMARTS) is 1. The third kappa shape index (κ3) is 3.24. The number of hydrogen-bond acceptors (Lipinski definition) is 4. The van der Waals surface area contributed by atoms with Gasteiger partial charge in [0.1, 0.15) is 0 Å². The minimum Gasteiger partial charge on any atom is -0.478 e. The Morgan fingerprint density at radius 1 is 1.39 bits per heavy atom. The number of nitrogens with one attached hydrogen (secondary N) is 2. The second-order valence-corrected chi connectivity index (χ2v) is 5.02. The molecule has 1 heterocycles. The standard InChI is InChI=1S/C12H14N2O3S/c15-11(10-6-18-7-14-10)13-5-8-1-3-9(4-2-8)12(16)17/h1-4,10,14H,5-7H2,(H,13,15)(H,16,17). The molecule has 1 fully saturated rings. The lowest BCUT2D eigenvalue weighted by atomic mass is 10.1. The third-order valence-corrected chi connectivity index (χ3v) is 3.64. The summed E-state index contributed by atoms with van der Waals surface area (Å²) in [6, 6.07) is 6.37. The zero-order valence-electron chi connectivity index (χ0n) is 9.68. The van der Waals surface area contributed by atoms with Crippen LogP contribution in [-0.4, -0.2) is 34.7 Å². The normalized spacial score (nSPS) is 18.6. The van der Waals surface area contributed by atoms with Crippen molar-refractivity contribution in [3.05, 3.63) is 35.4 Å². The zero-order valence-corrected chi connectivity index (χ0v) is 10.5. The van der Waals surface area contributed by atoms with Crippen molar-refractivity contribution in [1.29, 1.82) is 0 Å². The van der Waals surface area contributed by atoms with E-state index in [0.29, 0.717) is 6.54 Å². The lowest BCUT2D eigenvalue weighted by Crippen LogP contribution is -2.41. The van der Waals surface area contributed by atoms with Gasteiger partial charge in [-0.05, 0) is 17.7 Å². The van der Waals surface area contributed by atoms with Crippen molar-refractivity contribution >= 4 is 23.6 Å². The van der Waals surface area contributed by atoms with Gasteiger partial charge in [-0.15, -0.1) is 11.8 Å². The highest BCUT2D eigenvalue weighted by Gasteiger charge is 2.21. The lowest BCUT2D eigenvalue weighted by Gasteiger charge is -2.10. The number of carboxylic acids is 1. The molecule has 96 valence electrons.